The lowest BCUT2D eigenvalue weighted by atomic mass is 10.1. The number of unbranched alkanes of at least 4 members (excludes halogenated alkanes) is 11. The third-order valence-electron chi connectivity index (χ3n) is 4.67. The maximum atomic E-state index is 11.8. The molecule has 0 aliphatic rings. The lowest BCUT2D eigenvalue weighted by Gasteiger charge is -2.10. The van der Waals surface area contributed by atoms with Crippen LogP contribution in [0.2, 0.25) is 0 Å². The van der Waals surface area contributed by atoms with Crippen LogP contribution in [0.4, 0.5) is 0 Å². The molecule has 26 heavy (non-hydrogen) atoms. The molecule has 1 atom stereocenters. The maximum absolute atomic E-state index is 11.8. The molecule has 0 radical (unpaired) electrons. The molecule has 0 heterocycles. The van der Waals surface area contributed by atoms with E-state index in [1.807, 2.05) is 0 Å². The summed E-state index contributed by atoms with van der Waals surface area (Å²) >= 11 is 4.36. The molecule has 0 amide bonds. The van der Waals surface area contributed by atoms with Crippen LogP contribution in [0.15, 0.2) is 0 Å². The van der Waals surface area contributed by atoms with Crippen molar-refractivity contribution in [1.29, 1.82) is 0 Å². The molecule has 0 aliphatic carbocycles. The molecule has 4 heteroatoms. The quantitative estimate of drug-likeness (QED) is 0.143. The molecule has 156 valence electrons. The Morgan fingerprint density at radius 3 is 1.73 bits per heavy atom. The lowest BCUT2D eigenvalue weighted by Crippen LogP contribution is -2.18. The second-order valence-electron chi connectivity index (χ2n) is 7.33. The van der Waals surface area contributed by atoms with Crippen LogP contribution in [-0.2, 0) is 14.3 Å². The SMILES string of the molecule is CCCCCCOCCCCCCCCOC(=O)C(S)CCCCCC. The Bertz CT molecular complexity index is 297. The first-order valence-electron chi connectivity index (χ1n) is 11.1. The molecule has 0 spiro atoms. The van der Waals surface area contributed by atoms with E-state index in [-0.39, 0.29) is 11.2 Å². The average Bonchev–Trinajstić information content (AvgIpc) is 2.65. The van der Waals surface area contributed by atoms with Crippen LogP contribution in [-0.4, -0.2) is 31.0 Å². The minimum absolute atomic E-state index is 0.138. The van der Waals surface area contributed by atoms with E-state index in [1.165, 1.54) is 70.6 Å². The summed E-state index contributed by atoms with van der Waals surface area (Å²) in [6.45, 7) is 6.81. The normalized spacial score (nSPS) is 12.3. The summed E-state index contributed by atoms with van der Waals surface area (Å²) in [5.74, 6) is -0.138. The van der Waals surface area contributed by atoms with E-state index in [0.717, 1.165) is 38.9 Å². The Hall–Kier alpha value is -0.220. The lowest BCUT2D eigenvalue weighted by molar-refractivity contribution is -0.143. The van der Waals surface area contributed by atoms with Crippen molar-refractivity contribution in [3.05, 3.63) is 0 Å². The Labute approximate surface area is 168 Å². The zero-order valence-electron chi connectivity index (χ0n) is 17.5. The Morgan fingerprint density at radius 1 is 0.692 bits per heavy atom. The van der Waals surface area contributed by atoms with Crippen LogP contribution in [0.25, 0.3) is 0 Å². The van der Waals surface area contributed by atoms with Gasteiger partial charge in [-0.1, -0.05) is 84.5 Å². The molecule has 0 N–H and O–H groups in total. The standard InChI is InChI=1S/C22H44O3S/c1-3-5-7-13-17-21(26)22(23)25-20-16-12-10-9-11-15-19-24-18-14-8-6-4-2/h21,26H,3-20H2,1-2H3. The molecule has 0 aromatic heterocycles. The predicted molar refractivity (Wildman–Crippen MR) is 115 cm³/mol. The first-order chi connectivity index (χ1) is 12.7. The molecule has 0 saturated carbocycles. The number of hydrogen-bond acceptors (Lipinski definition) is 4. The number of hydrogen-bond donors (Lipinski definition) is 1. The van der Waals surface area contributed by atoms with Gasteiger partial charge in [0.1, 0.15) is 0 Å². The molecule has 0 rings (SSSR count). The zero-order valence-corrected chi connectivity index (χ0v) is 18.4. The van der Waals surface area contributed by atoms with Crippen molar-refractivity contribution < 1.29 is 14.3 Å². The molecule has 0 aromatic rings. The first-order valence-corrected chi connectivity index (χ1v) is 11.7. The van der Waals surface area contributed by atoms with Crippen molar-refractivity contribution in [3.63, 3.8) is 0 Å². The van der Waals surface area contributed by atoms with E-state index >= 15 is 0 Å². The second kappa shape index (κ2) is 21.1. The number of thiol groups is 1. The number of esters is 1. The number of carbonyl (C=O) groups is 1. The maximum Gasteiger partial charge on any atom is 0.318 e. The minimum atomic E-state index is -0.242. The molecule has 0 bridgehead atoms. The fourth-order valence-electron chi connectivity index (χ4n) is 2.90. The first kappa shape index (κ1) is 25.8. The predicted octanol–water partition coefficient (Wildman–Crippen LogP) is 6.74. The van der Waals surface area contributed by atoms with E-state index < -0.39 is 0 Å². The van der Waals surface area contributed by atoms with Crippen LogP contribution in [0.3, 0.4) is 0 Å². The second-order valence-corrected chi connectivity index (χ2v) is 7.95. The number of carbonyl (C=O) groups excluding carboxylic acids is 1. The molecule has 0 fully saturated rings. The van der Waals surface area contributed by atoms with Gasteiger partial charge in [-0.05, 0) is 25.7 Å². The van der Waals surface area contributed by atoms with E-state index in [1.54, 1.807) is 0 Å². The highest BCUT2D eigenvalue weighted by molar-refractivity contribution is 7.81. The molecule has 3 nitrogen and oxygen atoms in total. The third-order valence-corrected chi connectivity index (χ3v) is 5.14. The summed E-state index contributed by atoms with van der Waals surface area (Å²) in [6.07, 6.45) is 17.6. The van der Waals surface area contributed by atoms with Gasteiger partial charge < -0.3 is 9.47 Å². The molecule has 0 aromatic carbocycles. The van der Waals surface area contributed by atoms with Gasteiger partial charge in [-0.2, -0.15) is 12.6 Å². The van der Waals surface area contributed by atoms with Gasteiger partial charge in [0.05, 0.1) is 11.9 Å². The van der Waals surface area contributed by atoms with Gasteiger partial charge >= 0.3 is 5.97 Å². The summed E-state index contributed by atoms with van der Waals surface area (Å²) in [5.41, 5.74) is 0. The number of ether oxygens (including phenoxy) is 2. The summed E-state index contributed by atoms with van der Waals surface area (Å²) in [7, 11) is 0. The van der Waals surface area contributed by atoms with E-state index in [0.29, 0.717) is 6.61 Å². The van der Waals surface area contributed by atoms with Gasteiger partial charge in [-0.3, -0.25) is 4.79 Å². The van der Waals surface area contributed by atoms with Gasteiger partial charge in [-0.15, -0.1) is 0 Å². The summed E-state index contributed by atoms with van der Waals surface area (Å²) in [4.78, 5) is 11.8. The highest BCUT2D eigenvalue weighted by Gasteiger charge is 2.14. The topological polar surface area (TPSA) is 35.5 Å². The summed E-state index contributed by atoms with van der Waals surface area (Å²) in [6, 6.07) is 0. The molecule has 0 saturated heterocycles. The molecule has 0 aliphatic heterocycles. The monoisotopic (exact) mass is 388 g/mol. The van der Waals surface area contributed by atoms with Crippen molar-refractivity contribution in [2.45, 2.75) is 115 Å². The van der Waals surface area contributed by atoms with Crippen molar-refractivity contribution in [2.24, 2.45) is 0 Å². The third kappa shape index (κ3) is 18.6. The van der Waals surface area contributed by atoms with Gasteiger partial charge in [-0.25, -0.2) is 0 Å². The largest absolute Gasteiger partial charge is 0.465 e. The average molecular weight is 389 g/mol. The van der Waals surface area contributed by atoms with Crippen LogP contribution in [0, 0.1) is 0 Å². The zero-order chi connectivity index (χ0) is 19.3. The highest BCUT2D eigenvalue weighted by Crippen LogP contribution is 2.12. The van der Waals surface area contributed by atoms with Crippen LogP contribution in [0.1, 0.15) is 110 Å². The van der Waals surface area contributed by atoms with Gasteiger partial charge in [0.25, 0.3) is 0 Å². The minimum Gasteiger partial charge on any atom is -0.465 e. The smallest absolute Gasteiger partial charge is 0.318 e. The Balaban J connectivity index is 3.24. The van der Waals surface area contributed by atoms with Crippen molar-refractivity contribution in [1.82, 2.24) is 0 Å². The van der Waals surface area contributed by atoms with Crippen LogP contribution < -0.4 is 0 Å². The Kier molecular flexibility index (Phi) is 20.9. The summed E-state index contributed by atoms with van der Waals surface area (Å²) in [5, 5.41) is -0.242. The van der Waals surface area contributed by atoms with Gasteiger partial charge in [0.15, 0.2) is 0 Å². The molecular formula is C22H44O3S. The van der Waals surface area contributed by atoms with Gasteiger partial charge in [0, 0.05) is 13.2 Å². The number of rotatable bonds is 20. The Morgan fingerprint density at radius 2 is 1.15 bits per heavy atom. The summed E-state index contributed by atoms with van der Waals surface area (Å²) < 4.78 is 11.0. The van der Waals surface area contributed by atoms with E-state index in [2.05, 4.69) is 26.5 Å². The van der Waals surface area contributed by atoms with Crippen LogP contribution in [0.5, 0.6) is 0 Å². The van der Waals surface area contributed by atoms with E-state index in [4.69, 9.17) is 9.47 Å². The van der Waals surface area contributed by atoms with Crippen molar-refractivity contribution >= 4 is 18.6 Å². The fraction of sp³-hybridized carbons (Fsp3) is 0.955. The van der Waals surface area contributed by atoms with Crippen LogP contribution >= 0.6 is 12.6 Å². The van der Waals surface area contributed by atoms with Crippen molar-refractivity contribution in [2.75, 3.05) is 19.8 Å². The fourth-order valence-corrected chi connectivity index (χ4v) is 3.15. The van der Waals surface area contributed by atoms with E-state index in [9.17, 15) is 4.79 Å². The molecule has 1 unspecified atom stereocenters. The van der Waals surface area contributed by atoms with Gasteiger partial charge in [0.2, 0.25) is 0 Å². The van der Waals surface area contributed by atoms with Crippen molar-refractivity contribution in [3.8, 4) is 0 Å². The highest BCUT2D eigenvalue weighted by atomic mass is 32.1. The molecular weight excluding hydrogens is 344 g/mol.